The Hall–Kier alpha value is -0.950. The summed E-state index contributed by atoms with van der Waals surface area (Å²) in [5.41, 5.74) is 0. The molecule has 0 bridgehead atoms. The number of carbonyl (C=O) groups excluding carboxylic acids is 1. The molecule has 2 heterocycles. The van der Waals surface area contributed by atoms with Gasteiger partial charge in [-0.3, -0.25) is 0 Å². The minimum Gasteiger partial charge on any atom is -0.480 e. The molecule has 1 unspecified atom stereocenters. The normalized spacial score (nSPS) is 28.5. The van der Waals surface area contributed by atoms with Crippen molar-refractivity contribution in [3.05, 3.63) is 0 Å². The molecular weight excluding hydrogens is 256 g/mol. The van der Waals surface area contributed by atoms with Crippen LogP contribution in [-0.2, 0) is 4.79 Å². The molecule has 0 aromatic rings. The molecule has 2 atom stereocenters. The van der Waals surface area contributed by atoms with Crippen LogP contribution in [0.15, 0.2) is 0 Å². The lowest BCUT2D eigenvalue weighted by atomic mass is 9.99. The van der Waals surface area contributed by atoms with Gasteiger partial charge in [-0.1, -0.05) is 0 Å². The number of aliphatic hydroxyl groups excluding tert-OH is 1. The number of nitrogens with zero attached hydrogens (tertiary/aromatic N) is 2. The molecule has 7 heteroatoms. The SMILES string of the molecule is O=C(O)[C@@H]1CSCN1C(=O)N1CCCC(CO)C1. The van der Waals surface area contributed by atoms with Gasteiger partial charge in [0.05, 0.1) is 5.88 Å². The molecule has 0 saturated carbocycles. The Kier molecular flexibility index (Phi) is 4.34. The smallest absolute Gasteiger partial charge is 0.327 e. The highest BCUT2D eigenvalue weighted by molar-refractivity contribution is 7.99. The summed E-state index contributed by atoms with van der Waals surface area (Å²) >= 11 is 1.47. The molecule has 0 aromatic heterocycles. The van der Waals surface area contributed by atoms with Gasteiger partial charge in [0.2, 0.25) is 0 Å². The number of hydrogen-bond donors (Lipinski definition) is 2. The highest BCUT2D eigenvalue weighted by Gasteiger charge is 2.37. The lowest BCUT2D eigenvalue weighted by Crippen LogP contribution is -2.51. The van der Waals surface area contributed by atoms with Crippen molar-refractivity contribution in [3.8, 4) is 0 Å². The standard InChI is InChI=1S/C11H18N2O4S/c14-5-8-2-1-3-12(4-8)11(17)13-7-18-6-9(13)10(15)16/h8-9,14H,1-7H2,(H,15,16)/t8?,9-/m0/s1. The summed E-state index contributed by atoms with van der Waals surface area (Å²) in [7, 11) is 0. The Balaban J connectivity index is 1.99. The first-order valence-corrected chi connectivity index (χ1v) is 7.26. The van der Waals surface area contributed by atoms with E-state index in [0.29, 0.717) is 24.7 Å². The van der Waals surface area contributed by atoms with Crippen LogP contribution in [0.2, 0.25) is 0 Å². The Labute approximate surface area is 110 Å². The molecule has 0 aromatic carbocycles. The first-order valence-electron chi connectivity index (χ1n) is 6.10. The number of carbonyl (C=O) groups is 2. The summed E-state index contributed by atoms with van der Waals surface area (Å²) < 4.78 is 0. The lowest BCUT2D eigenvalue weighted by molar-refractivity contribution is -0.141. The van der Waals surface area contributed by atoms with Gasteiger partial charge in [-0.15, -0.1) is 11.8 Å². The van der Waals surface area contributed by atoms with Gasteiger partial charge in [0, 0.05) is 25.4 Å². The van der Waals surface area contributed by atoms with Crippen LogP contribution in [0.1, 0.15) is 12.8 Å². The number of hydrogen-bond acceptors (Lipinski definition) is 4. The van der Waals surface area contributed by atoms with E-state index in [2.05, 4.69) is 0 Å². The van der Waals surface area contributed by atoms with Crippen molar-refractivity contribution in [2.75, 3.05) is 31.3 Å². The second-order valence-electron chi connectivity index (χ2n) is 4.74. The molecule has 0 radical (unpaired) electrons. The number of piperidine rings is 1. The number of rotatable bonds is 2. The van der Waals surface area contributed by atoms with Gasteiger partial charge in [0.25, 0.3) is 0 Å². The summed E-state index contributed by atoms with van der Waals surface area (Å²) in [6.45, 7) is 1.27. The van der Waals surface area contributed by atoms with E-state index in [1.807, 2.05) is 0 Å². The van der Waals surface area contributed by atoms with Crippen LogP contribution in [0.4, 0.5) is 4.79 Å². The number of aliphatic carboxylic acids is 1. The molecule has 6 nitrogen and oxygen atoms in total. The van der Waals surface area contributed by atoms with E-state index < -0.39 is 12.0 Å². The molecule has 2 rings (SSSR count). The number of urea groups is 1. The average molecular weight is 274 g/mol. The molecule has 102 valence electrons. The van der Waals surface area contributed by atoms with Crippen LogP contribution in [0.25, 0.3) is 0 Å². The zero-order valence-corrected chi connectivity index (χ0v) is 10.9. The Morgan fingerprint density at radius 1 is 1.39 bits per heavy atom. The van der Waals surface area contributed by atoms with Crippen LogP contribution in [0.3, 0.4) is 0 Å². The van der Waals surface area contributed by atoms with Crippen LogP contribution in [0.5, 0.6) is 0 Å². The van der Waals surface area contributed by atoms with Crippen LogP contribution in [0, 0.1) is 5.92 Å². The topological polar surface area (TPSA) is 81.1 Å². The highest BCUT2D eigenvalue weighted by atomic mass is 32.2. The molecular formula is C11H18N2O4S. The predicted molar refractivity (Wildman–Crippen MR) is 67.4 cm³/mol. The van der Waals surface area contributed by atoms with Crippen molar-refractivity contribution >= 4 is 23.8 Å². The highest BCUT2D eigenvalue weighted by Crippen LogP contribution is 2.24. The number of likely N-dealkylation sites (tertiary alicyclic amines) is 1. The molecule has 2 aliphatic rings. The molecule has 2 N–H and O–H groups in total. The summed E-state index contributed by atoms with van der Waals surface area (Å²) in [6, 6.07) is -0.914. The van der Waals surface area contributed by atoms with Gasteiger partial charge in [0.15, 0.2) is 0 Å². The fourth-order valence-corrected chi connectivity index (χ4v) is 3.54. The second-order valence-corrected chi connectivity index (χ2v) is 5.74. The number of amides is 2. The molecule has 2 fully saturated rings. The van der Waals surface area contributed by atoms with E-state index in [-0.39, 0.29) is 18.6 Å². The van der Waals surface area contributed by atoms with E-state index in [1.54, 1.807) is 4.90 Å². The van der Waals surface area contributed by atoms with Gasteiger partial charge >= 0.3 is 12.0 Å². The van der Waals surface area contributed by atoms with Crippen molar-refractivity contribution < 1.29 is 19.8 Å². The quantitative estimate of drug-likeness (QED) is 0.755. The van der Waals surface area contributed by atoms with Crippen LogP contribution >= 0.6 is 11.8 Å². The first kappa shape index (κ1) is 13.5. The van der Waals surface area contributed by atoms with E-state index in [1.165, 1.54) is 16.7 Å². The Morgan fingerprint density at radius 3 is 2.83 bits per heavy atom. The Bertz CT molecular complexity index is 339. The summed E-state index contributed by atoms with van der Waals surface area (Å²) in [5.74, 6) is 0.0827. The lowest BCUT2D eigenvalue weighted by Gasteiger charge is -2.35. The fraction of sp³-hybridized carbons (Fsp3) is 0.818. The molecule has 2 aliphatic heterocycles. The first-order chi connectivity index (χ1) is 8.63. The minimum atomic E-state index is -0.941. The maximum Gasteiger partial charge on any atom is 0.327 e. The van der Waals surface area contributed by atoms with Crippen LogP contribution in [-0.4, -0.2) is 69.4 Å². The van der Waals surface area contributed by atoms with Crippen molar-refractivity contribution in [1.82, 2.24) is 9.80 Å². The number of carboxylic acid groups (broad SMARTS) is 1. The van der Waals surface area contributed by atoms with Crippen molar-refractivity contribution in [2.24, 2.45) is 5.92 Å². The van der Waals surface area contributed by atoms with Gasteiger partial charge in [-0.25, -0.2) is 9.59 Å². The third kappa shape index (κ3) is 2.72. The minimum absolute atomic E-state index is 0.0842. The molecule has 0 aliphatic carbocycles. The average Bonchev–Trinajstić information content (AvgIpc) is 2.87. The zero-order valence-electron chi connectivity index (χ0n) is 10.1. The molecule has 2 amide bonds. The summed E-state index contributed by atoms with van der Waals surface area (Å²) in [6.07, 6.45) is 1.80. The summed E-state index contributed by atoms with van der Waals surface area (Å²) in [5, 5.41) is 18.2. The monoisotopic (exact) mass is 274 g/mol. The van der Waals surface area contributed by atoms with E-state index in [4.69, 9.17) is 10.2 Å². The van der Waals surface area contributed by atoms with E-state index in [9.17, 15) is 9.59 Å². The van der Waals surface area contributed by atoms with Gasteiger partial charge in [-0.05, 0) is 18.8 Å². The summed E-state index contributed by atoms with van der Waals surface area (Å²) in [4.78, 5) is 26.4. The maximum absolute atomic E-state index is 12.3. The molecule has 18 heavy (non-hydrogen) atoms. The van der Waals surface area contributed by atoms with E-state index in [0.717, 1.165) is 12.8 Å². The third-order valence-corrected chi connectivity index (χ3v) is 4.47. The number of aliphatic hydroxyl groups is 1. The zero-order chi connectivity index (χ0) is 13.1. The Morgan fingerprint density at radius 2 is 2.17 bits per heavy atom. The van der Waals surface area contributed by atoms with Crippen molar-refractivity contribution in [1.29, 1.82) is 0 Å². The van der Waals surface area contributed by atoms with Crippen LogP contribution < -0.4 is 0 Å². The second kappa shape index (κ2) is 5.79. The number of thioether (sulfide) groups is 1. The van der Waals surface area contributed by atoms with Gasteiger partial charge < -0.3 is 20.0 Å². The van der Waals surface area contributed by atoms with Gasteiger partial charge in [-0.2, -0.15) is 0 Å². The third-order valence-electron chi connectivity index (χ3n) is 3.46. The van der Waals surface area contributed by atoms with Crippen molar-refractivity contribution in [3.63, 3.8) is 0 Å². The maximum atomic E-state index is 12.3. The molecule has 2 saturated heterocycles. The van der Waals surface area contributed by atoms with Gasteiger partial charge in [0.1, 0.15) is 6.04 Å². The van der Waals surface area contributed by atoms with E-state index >= 15 is 0 Å². The number of carboxylic acids is 1. The largest absolute Gasteiger partial charge is 0.480 e. The fourth-order valence-electron chi connectivity index (χ4n) is 2.41. The predicted octanol–water partition coefficient (Wildman–Crippen LogP) is 0.270. The molecule has 0 spiro atoms. The van der Waals surface area contributed by atoms with Crippen molar-refractivity contribution in [2.45, 2.75) is 18.9 Å².